The van der Waals surface area contributed by atoms with Crippen molar-refractivity contribution in [2.75, 3.05) is 0 Å². The predicted octanol–water partition coefficient (Wildman–Crippen LogP) is 3.35. The fraction of sp³-hybridized carbons (Fsp3) is 0. The maximum Gasteiger partial charge on any atom is 0.329 e. The molecule has 0 unspecified atom stereocenters. The third-order valence-electron chi connectivity index (χ3n) is 2.69. The average molecular weight is 249 g/mol. The number of carboxylic acid groups (broad SMARTS) is 1. The minimum Gasteiger partial charge on any atom is -0.478 e. The van der Waals surface area contributed by atoms with Gasteiger partial charge in [0.05, 0.1) is 5.57 Å². The Morgan fingerprint density at radius 2 is 1.58 bits per heavy atom. The van der Waals surface area contributed by atoms with E-state index in [1.807, 2.05) is 48.5 Å². The molecule has 0 aliphatic carbocycles. The molecule has 0 spiro atoms. The third-order valence-corrected chi connectivity index (χ3v) is 2.69. The number of carbonyl (C=O) groups is 1. The number of nitriles is 1. The molecular weight excluding hydrogens is 238 g/mol. The Balaban J connectivity index is 2.34. The summed E-state index contributed by atoms with van der Waals surface area (Å²) in [6, 6.07) is 19.0. The number of allylic oxidation sites excluding steroid dienone is 1. The first-order chi connectivity index (χ1) is 9.20. The van der Waals surface area contributed by atoms with Crippen LogP contribution in [0.2, 0.25) is 0 Å². The average Bonchev–Trinajstić information content (AvgIpc) is 2.46. The summed E-state index contributed by atoms with van der Waals surface area (Å²) in [5.74, 6) is -1.12. The zero-order valence-electron chi connectivity index (χ0n) is 10.1. The van der Waals surface area contributed by atoms with Crippen molar-refractivity contribution in [2.45, 2.75) is 0 Å². The number of nitrogens with zero attached hydrogens (tertiary/aromatic N) is 1. The molecule has 0 heterocycles. The van der Waals surface area contributed by atoms with Crippen molar-refractivity contribution in [1.82, 2.24) is 0 Å². The van der Waals surface area contributed by atoms with E-state index in [0.29, 0.717) is 5.56 Å². The molecule has 0 saturated carbocycles. The molecule has 0 atom stereocenters. The molecule has 0 fully saturated rings. The summed E-state index contributed by atoms with van der Waals surface area (Å²) in [7, 11) is 0. The van der Waals surface area contributed by atoms with E-state index < -0.39 is 5.97 Å². The lowest BCUT2D eigenvalue weighted by atomic mass is 10.0. The van der Waals surface area contributed by atoms with Crippen LogP contribution in [-0.4, -0.2) is 11.1 Å². The molecule has 0 aromatic heterocycles. The van der Waals surface area contributed by atoms with Crippen molar-refractivity contribution in [3.8, 4) is 17.2 Å². The van der Waals surface area contributed by atoms with Crippen molar-refractivity contribution < 1.29 is 9.90 Å². The van der Waals surface area contributed by atoms with Crippen molar-refractivity contribution in [3.63, 3.8) is 0 Å². The Morgan fingerprint density at radius 1 is 1.00 bits per heavy atom. The van der Waals surface area contributed by atoms with Crippen LogP contribution in [0.4, 0.5) is 0 Å². The zero-order chi connectivity index (χ0) is 13.7. The van der Waals surface area contributed by atoms with E-state index in [-0.39, 0.29) is 5.57 Å². The summed E-state index contributed by atoms with van der Waals surface area (Å²) in [6.45, 7) is 0. The van der Waals surface area contributed by atoms with Gasteiger partial charge in [-0.15, -0.1) is 0 Å². The zero-order valence-corrected chi connectivity index (χ0v) is 10.1. The second kappa shape index (κ2) is 5.65. The second-order valence-electron chi connectivity index (χ2n) is 3.95. The molecule has 92 valence electrons. The van der Waals surface area contributed by atoms with Gasteiger partial charge < -0.3 is 5.11 Å². The van der Waals surface area contributed by atoms with E-state index in [1.54, 1.807) is 12.1 Å². The molecule has 0 saturated heterocycles. The third kappa shape index (κ3) is 3.08. The number of rotatable bonds is 3. The summed E-state index contributed by atoms with van der Waals surface area (Å²) in [6.07, 6.45) is 0.914. The Hall–Kier alpha value is -2.86. The maximum absolute atomic E-state index is 10.6. The fourth-order valence-electron chi connectivity index (χ4n) is 1.78. The van der Waals surface area contributed by atoms with Gasteiger partial charge in [-0.3, -0.25) is 0 Å². The SMILES string of the molecule is N#C/C(=C\C(=O)O)c1ccc(-c2ccccc2)cc1. The molecule has 0 radical (unpaired) electrons. The molecule has 2 rings (SSSR count). The molecular formula is C16H11NO2. The van der Waals surface area contributed by atoms with Gasteiger partial charge in [0.25, 0.3) is 0 Å². The number of carboxylic acids is 1. The quantitative estimate of drug-likeness (QED) is 0.670. The lowest BCUT2D eigenvalue weighted by molar-refractivity contribution is -0.131. The van der Waals surface area contributed by atoms with Crippen molar-refractivity contribution in [3.05, 3.63) is 66.2 Å². The van der Waals surface area contributed by atoms with Crippen LogP contribution in [0.15, 0.2) is 60.7 Å². The van der Waals surface area contributed by atoms with E-state index in [2.05, 4.69) is 0 Å². The Kier molecular flexibility index (Phi) is 3.75. The summed E-state index contributed by atoms with van der Waals surface area (Å²) in [5.41, 5.74) is 2.85. The minimum atomic E-state index is -1.12. The first-order valence-corrected chi connectivity index (χ1v) is 5.71. The molecule has 0 amide bonds. The van der Waals surface area contributed by atoms with Gasteiger partial charge in [-0.1, -0.05) is 54.6 Å². The first kappa shape index (κ1) is 12.6. The van der Waals surface area contributed by atoms with Gasteiger partial charge in [-0.2, -0.15) is 5.26 Å². The van der Waals surface area contributed by atoms with Gasteiger partial charge in [-0.05, 0) is 16.7 Å². The summed E-state index contributed by atoms with van der Waals surface area (Å²) < 4.78 is 0. The number of aliphatic carboxylic acids is 1. The number of hydrogen-bond donors (Lipinski definition) is 1. The van der Waals surface area contributed by atoms with Crippen molar-refractivity contribution in [2.24, 2.45) is 0 Å². The van der Waals surface area contributed by atoms with Gasteiger partial charge in [0.2, 0.25) is 0 Å². The highest BCUT2D eigenvalue weighted by Crippen LogP contribution is 2.22. The molecule has 2 aromatic carbocycles. The number of hydrogen-bond acceptors (Lipinski definition) is 2. The Morgan fingerprint density at radius 3 is 2.11 bits per heavy atom. The molecule has 0 bridgehead atoms. The predicted molar refractivity (Wildman–Crippen MR) is 73.1 cm³/mol. The highest BCUT2D eigenvalue weighted by Gasteiger charge is 2.04. The molecule has 0 aliphatic rings. The lowest BCUT2D eigenvalue weighted by Crippen LogP contribution is -1.91. The van der Waals surface area contributed by atoms with Crippen LogP contribution in [0.25, 0.3) is 16.7 Å². The van der Waals surface area contributed by atoms with E-state index in [1.165, 1.54) is 0 Å². The Labute approximate surface area is 111 Å². The molecule has 3 nitrogen and oxygen atoms in total. The van der Waals surface area contributed by atoms with Crippen molar-refractivity contribution >= 4 is 11.5 Å². The minimum absolute atomic E-state index is 0.145. The summed E-state index contributed by atoms with van der Waals surface area (Å²) >= 11 is 0. The summed E-state index contributed by atoms with van der Waals surface area (Å²) in [5, 5.41) is 17.6. The van der Waals surface area contributed by atoms with Crippen LogP contribution in [0.5, 0.6) is 0 Å². The number of benzene rings is 2. The highest BCUT2D eigenvalue weighted by atomic mass is 16.4. The van der Waals surface area contributed by atoms with Gasteiger partial charge in [0.15, 0.2) is 0 Å². The topological polar surface area (TPSA) is 61.1 Å². The van der Waals surface area contributed by atoms with Crippen LogP contribution < -0.4 is 0 Å². The van der Waals surface area contributed by atoms with E-state index in [9.17, 15) is 4.79 Å². The van der Waals surface area contributed by atoms with Gasteiger partial charge in [-0.25, -0.2) is 4.79 Å². The fourth-order valence-corrected chi connectivity index (χ4v) is 1.78. The monoisotopic (exact) mass is 249 g/mol. The van der Waals surface area contributed by atoms with Crippen LogP contribution >= 0.6 is 0 Å². The molecule has 3 heteroatoms. The lowest BCUT2D eigenvalue weighted by Gasteiger charge is -2.03. The largest absolute Gasteiger partial charge is 0.478 e. The van der Waals surface area contributed by atoms with Gasteiger partial charge in [0.1, 0.15) is 6.07 Å². The van der Waals surface area contributed by atoms with E-state index >= 15 is 0 Å². The molecule has 19 heavy (non-hydrogen) atoms. The normalized spacial score (nSPS) is 10.8. The second-order valence-corrected chi connectivity index (χ2v) is 3.95. The first-order valence-electron chi connectivity index (χ1n) is 5.71. The van der Waals surface area contributed by atoms with Crippen LogP contribution in [-0.2, 0) is 4.79 Å². The Bertz CT molecular complexity index is 649. The van der Waals surface area contributed by atoms with Gasteiger partial charge in [0, 0.05) is 6.08 Å². The molecule has 1 N–H and O–H groups in total. The molecule has 0 aliphatic heterocycles. The smallest absolute Gasteiger partial charge is 0.329 e. The standard InChI is InChI=1S/C16H11NO2/c17-11-15(10-16(18)19)14-8-6-13(7-9-14)12-4-2-1-3-5-12/h1-10H,(H,18,19)/b15-10+. The van der Waals surface area contributed by atoms with Gasteiger partial charge >= 0.3 is 5.97 Å². The molecule has 2 aromatic rings. The van der Waals surface area contributed by atoms with Crippen LogP contribution in [0.3, 0.4) is 0 Å². The van der Waals surface area contributed by atoms with E-state index in [0.717, 1.165) is 17.2 Å². The van der Waals surface area contributed by atoms with Crippen LogP contribution in [0, 0.1) is 11.3 Å². The summed E-state index contributed by atoms with van der Waals surface area (Å²) in [4.78, 5) is 10.6. The highest BCUT2D eigenvalue weighted by molar-refractivity contribution is 5.94. The maximum atomic E-state index is 10.6. The van der Waals surface area contributed by atoms with Crippen molar-refractivity contribution in [1.29, 1.82) is 5.26 Å². The van der Waals surface area contributed by atoms with Crippen LogP contribution in [0.1, 0.15) is 5.56 Å². The van der Waals surface area contributed by atoms with E-state index in [4.69, 9.17) is 10.4 Å².